The summed E-state index contributed by atoms with van der Waals surface area (Å²) in [6, 6.07) is 8.32. The molecule has 0 atom stereocenters. The second-order valence-corrected chi connectivity index (χ2v) is 5.93. The van der Waals surface area contributed by atoms with E-state index in [9.17, 15) is 4.79 Å². The molecule has 110 valence electrons. The summed E-state index contributed by atoms with van der Waals surface area (Å²) in [4.78, 5) is 11.9. The van der Waals surface area contributed by atoms with Crippen molar-refractivity contribution in [2.45, 2.75) is 39.2 Å². The summed E-state index contributed by atoms with van der Waals surface area (Å²) < 4.78 is 1.92. The Hall–Kier alpha value is -2.10. The van der Waals surface area contributed by atoms with Crippen molar-refractivity contribution in [1.29, 1.82) is 0 Å². The average molecular weight is 283 g/mol. The maximum atomic E-state index is 11.9. The molecule has 0 unspecified atom stereocenters. The van der Waals surface area contributed by atoms with Gasteiger partial charge in [-0.15, -0.1) is 0 Å². The minimum absolute atomic E-state index is 0.0431. The van der Waals surface area contributed by atoms with Crippen LogP contribution in [0.5, 0.6) is 0 Å². The smallest absolute Gasteiger partial charge is 0.224 e. The van der Waals surface area contributed by atoms with E-state index in [2.05, 4.69) is 41.6 Å². The van der Waals surface area contributed by atoms with Crippen LogP contribution in [0.25, 0.3) is 0 Å². The first-order valence-corrected chi connectivity index (χ1v) is 7.57. The second-order valence-electron chi connectivity index (χ2n) is 5.93. The molecule has 1 N–H and O–H groups in total. The molecular formula is C17H21N3O. The Morgan fingerprint density at radius 3 is 2.81 bits per heavy atom. The number of amides is 1. The minimum atomic E-state index is 0.0431. The molecule has 0 aliphatic heterocycles. The molecule has 1 heterocycles. The van der Waals surface area contributed by atoms with Crippen molar-refractivity contribution in [3.63, 3.8) is 0 Å². The van der Waals surface area contributed by atoms with Crippen molar-refractivity contribution in [2.24, 2.45) is 5.92 Å². The Kier molecular flexibility index (Phi) is 4.04. The van der Waals surface area contributed by atoms with Crippen molar-refractivity contribution >= 4 is 11.6 Å². The number of hydrogen-bond donors (Lipinski definition) is 1. The average Bonchev–Trinajstić information content (AvgIpc) is 3.17. The van der Waals surface area contributed by atoms with Gasteiger partial charge in [0.05, 0.1) is 11.9 Å². The van der Waals surface area contributed by atoms with Gasteiger partial charge in [-0.3, -0.25) is 9.48 Å². The zero-order chi connectivity index (χ0) is 14.7. The highest BCUT2D eigenvalue weighted by Gasteiger charge is 2.22. The maximum Gasteiger partial charge on any atom is 0.224 e. The molecule has 3 rings (SSSR count). The lowest BCUT2D eigenvalue weighted by Crippen LogP contribution is -2.11. The molecule has 4 nitrogen and oxygen atoms in total. The van der Waals surface area contributed by atoms with Crippen LogP contribution in [0.2, 0.25) is 0 Å². The number of benzene rings is 1. The number of carbonyl (C=O) groups is 1. The minimum Gasteiger partial charge on any atom is -0.323 e. The van der Waals surface area contributed by atoms with Crippen molar-refractivity contribution < 1.29 is 4.79 Å². The Bertz CT molecular complexity index is 611. The molecule has 0 radical (unpaired) electrons. The van der Waals surface area contributed by atoms with E-state index in [-0.39, 0.29) is 5.91 Å². The predicted octanol–water partition coefficient (Wildman–Crippen LogP) is 3.17. The summed E-state index contributed by atoms with van der Waals surface area (Å²) in [7, 11) is 0. The van der Waals surface area contributed by atoms with Crippen molar-refractivity contribution in [3.8, 4) is 0 Å². The molecule has 1 fully saturated rings. The Labute approximate surface area is 125 Å². The van der Waals surface area contributed by atoms with Crippen LogP contribution in [0.1, 0.15) is 30.4 Å². The van der Waals surface area contributed by atoms with E-state index in [1.54, 1.807) is 6.20 Å². The number of nitrogens with zero attached hydrogens (tertiary/aromatic N) is 2. The Balaban J connectivity index is 1.46. The fourth-order valence-electron chi connectivity index (χ4n) is 2.33. The second kappa shape index (κ2) is 6.12. The zero-order valence-electron chi connectivity index (χ0n) is 12.4. The third-order valence-corrected chi connectivity index (χ3v) is 3.82. The molecule has 0 bridgehead atoms. The van der Waals surface area contributed by atoms with Crippen LogP contribution in [0.4, 0.5) is 5.69 Å². The highest BCUT2D eigenvalue weighted by molar-refractivity contribution is 5.90. The lowest BCUT2D eigenvalue weighted by atomic mass is 10.1. The standard InChI is InChI=1S/C17H21N3O/c1-13-2-4-14(5-3-13)8-9-17(21)19-16-10-18-20(12-16)11-15-6-7-15/h2-5,10,12,15H,6-9,11H2,1H3,(H,19,21). The molecule has 1 aromatic heterocycles. The van der Waals surface area contributed by atoms with Crippen LogP contribution in [0, 0.1) is 12.8 Å². The monoisotopic (exact) mass is 283 g/mol. The molecule has 0 saturated heterocycles. The molecular weight excluding hydrogens is 262 g/mol. The predicted molar refractivity (Wildman–Crippen MR) is 83.1 cm³/mol. The van der Waals surface area contributed by atoms with Crippen LogP contribution in [-0.2, 0) is 17.8 Å². The highest BCUT2D eigenvalue weighted by atomic mass is 16.1. The van der Waals surface area contributed by atoms with Gasteiger partial charge in [-0.1, -0.05) is 29.8 Å². The molecule has 4 heteroatoms. The molecule has 1 aliphatic carbocycles. The third-order valence-electron chi connectivity index (χ3n) is 3.82. The summed E-state index contributed by atoms with van der Waals surface area (Å²) >= 11 is 0. The summed E-state index contributed by atoms with van der Waals surface area (Å²) in [6.07, 6.45) is 7.52. The van der Waals surface area contributed by atoms with Crippen LogP contribution in [-0.4, -0.2) is 15.7 Å². The summed E-state index contributed by atoms with van der Waals surface area (Å²) in [5.74, 6) is 0.830. The van der Waals surface area contributed by atoms with E-state index in [4.69, 9.17) is 0 Å². The lowest BCUT2D eigenvalue weighted by molar-refractivity contribution is -0.116. The summed E-state index contributed by atoms with van der Waals surface area (Å²) in [5, 5.41) is 7.19. The SMILES string of the molecule is Cc1ccc(CCC(=O)Nc2cnn(CC3CC3)c2)cc1. The van der Waals surface area contributed by atoms with Gasteiger partial charge in [0.2, 0.25) is 5.91 Å². The topological polar surface area (TPSA) is 46.9 Å². The number of aryl methyl sites for hydroxylation is 2. The van der Waals surface area contributed by atoms with E-state index >= 15 is 0 Å². The fraction of sp³-hybridized carbons (Fsp3) is 0.412. The number of carbonyl (C=O) groups excluding carboxylic acids is 1. The molecule has 1 aromatic carbocycles. The van der Waals surface area contributed by atoms with E-state index in [0.29, 0.717) is 6.42 Å². The summed E-state index contributed by atoms with van der Waals surface area (Å²) in [5.41, 5.74) is 3.23. The lowest BCUT2D eigenvalue weighted by Gasteiger charge is -2.03. The van der Waals surface area contributed by atoms with Crippen LogP contribution in [0.15, 0.2) is 36.7 Å². The maximum absolute atomic E-state index is 11.9. The van der Waals surface area contributed by atoms with Gasteiger partial charge >= 0.3 is 0 Å². The number of aromatic nitrogens is 2. The van der Waals surface area contributed by atoms with Gasteiger partial charge in [-0.05, 0) is 37.7 Å². The van der Waals surface area contributed by atoms with Gasteiger partial charge in [0.25, 0.3) is 0 Å². The van der Waals surface area contributed by atoms with Crippen LogP contribution < -0.4 is 5.32 Å². The van der Waals surface area contributed by atoms with E-state index < -0.39 is 0 Å². The molecule has 1 amide bonds. The van der Waals surface area contributed by atoms with Crippen LogP contribution in [0.3, 0.4) is 0 Å². The van der Waals surface area contributed by atoms with Crippen LogP contribution >= 0.6 is 0 Å². The van der Waals surface area contributed by atoms with Gasteiger partial charge in [0.15, 0.2) is 0 Å². The molecule has 2 aromatic rings. The van der Waals surface area contributed by atoms with Gasteiger partial charge in [0.1, 0.15) is 0 Å². The van der Waals surface area contributed by atoms with Crippen molar-refractivity contribution in [1.82, 2.24) is 9.78 Å². The fourth-order valence-corrected chi connectivity index (χ4v) is 2.33. The highest BCUT2D eigenvalue weighted by Crippen LogP contribution is 2.30. The number of nitrogens with one attached hydrogen (secondary N) is 1. The van der Waals surface area contributed by atoms with E-state index in [1.807, 2.05) is 10.9 Å². The Morgan fingerprint density at radius 2 is 2.10 bits per heavy atom. The number of anilines is 1. The first kappa shape index (κ1) is 13.9. The molecule has 1 aliphatic rings. The number of rotatable bonds is 6. The normalized spacial score (nSPS) is 14.1. The molecule has 1 saturated carbocycles. The molecule has 21 heavy (non-hydrogen) atoms. The summed E-state index contributed by atoms with van der Waals surface area (Å²) in [6.45, 7) is 3.04. The quantitative estimate of drug-likeness (QED) is 0.885. The van der Waals surface area contributed by atoms with Gasteiger partial charge in [0, 0.05) is 19.2 Å². The van der Waals surface area contributed by atoms with E-state index in [1.165, 1.54) is 24.0 Å². The van der Waals surface area contributed by atoms with Crippen molar-refractivity contribution in [3.05, 3.63) is 47.8 Å². The Morgan fingerprint density at radius 1 is 1.33 bits per heavy atom. The van der Waals surface area contributed by atoms with Gasteiger partial charge < -0.3 is 5.32 Å². The van der Waals surface area contributed by atoms with Gasteiger partial charge in [-0.2, -0.15) is 5.10 Å². The first-order valence-electron chi connectivity index (χ1n) is 7.57. The van der Waals surface area contributed by atoms with E-state index in [0.717, 1.165) is 24.6 Å². The largest absolute Gasteiger partial charge is 0.323 e. The van der Waals surface area contributed by atoms with Crippen molar-refractivity contribution in [2.75, 3.05) is 5.32 Å². The first-order chi connectivity index (χ1) is 10.2. The molecule has 0 spiro atoms. The zero-order valence-corrected chi connectivity index (χ0v) is 12.4. The third kappa shape index (κ3) is 4.18. The number of hydrogen-bond acceptors (Lipinski definition) is 2. The van der Waals surface area contributed by atoms with Gasteiger partial charge in [-0.25, -0.2) is 0 Å².